The summed E-state index contributed by atoms with van der Waals surface area (Å²) in [6.07, 6.45) is 3.41. The molecule has 1 aromatic heterocycles. The van der Waals surface area contributed by atoms with E-state index in [0.29, 0.717) is 0 Å². The van der Waals surface area contributed by atoms with Gasteiger partial charge in [-0.15, -0.1) is 35.3 Å². The summed E-state index contributed by atoms with van der Waals surface area (Å²) in [6, 6.07) is 4.21. The molecule has 8 heteroatoms. The first-order chi connectivity index (χ1) is 11.6. The second kappa shape index (κ2) is 11.7. The molecule has 2 rings (SSSR count). The third-order valence-electron chi connectivity index (χ3n) is 4.01. The molecule has 1 unspecified atom stereocenters. The lowest BCUT2D eigenvalue weighted by molar-refractivity contribution is -0.127. The minimum absolute atomic E-state index is 0. The van der Waals surface area contributed by atoms with Crippen molar-refractivity contribution >= 4 is 47.2 Å². The van der Waals surface area contributed by atoms with Gasteiger partial charge in [-0.1, -0.05) is 6.07 Å². The summed E-state index contributed by atoms with van der Waals surface area (Å²) in [5.41, 5.74) is 0. The average Bonchev–Trinajstić information content (AvgIpc) is 3.25. The molecule has 0 spiro atoms. The van der Waals surface area contributed by atoms with Gasteiger partial charge in [0.1, 0.15) is 6.54 Å². The maximum Gasteiger partial charge on any atom is 0.243 e. The largest absolute Gasteiger partial charge is 0.376 e. The molecule has 1 aliphatic rings. The number of likely N-dealkylation sites (N-methyl/N-ethyl adjacent to an activating group) is 2. The van der Waals surface area contributed by atoms with Gasteiger partial charge >= 0.3 is 0 Å². The Kier molecular flexibility index (Phi) is 10.4. The number of nitrogens with zero attached hydrogens (tertiary/aromatic N) is 3. The van der Waals surface area contributed by atoms with Gasteiger partial charge in [-0.25, -0.2) is 4.99 Å². The Morgan fingerprint density at radius 1 is 1.44 bits per heavy atom. The van der Waals surface area contributed by atoms with Crippen LogP contribution in [0.15, 0.2) is 22.5 Å². The Hall–Kier alpha value is -0.870. The van der Waals surface area contributed by atoms with E-state index in [0.717, 1.165) is 44.9 Å². The first-order valence-corrected chi connectivity index (χ1v) is 9.28. The fraction of sp³-hybridized carbons (Fsp3) is 0.647. The highest BCUT2D eigenvalue weighted by atomic mass is 127. The smallest absolute Gasteiger partial charge is 0.243 e. The van der Waals surface area contributed by atoms with Crippen LogP contribution in [0, 0.1) is 0 Å². The highest BCUT2D eigenvalue weighted by Crippen LogP contribution is 2.11. The summed E-state index contributed by atoms with van der Waals surface area (Å²) in [7, 11) is 5.50. The van der Waals surface area contributed by atoms with Crippen LogP contribution < -0.4 is 5.32 Å². The number of guanidine groups is 1. The molecule has 1 aromatic rings. The van der Waals surface area contributed by atoms with Crippen molar-refractivity contribution in [1.82, 2.24) is 15.1 Å². The van der Waals surface area contributed by atoms with Crippen molar-refractivity contribution in [3.05, 3.63) is 22.4 Å². The van der Waals surface area contributed by atoms with Gasteiger partial charge < -0.3 is 19.9 Å². The lowest BCUT2D eigenvalue weighted by Crippen LogP contribution is -2.43. The maximum atomic E-state index is 11.8. The molecule has 6 nitrogen and oxygen atoms in total. The van der Waals surface area contributed by atoms with E-state index in [9.17, 15) is 4.79 Å². The third-order valence-corrected chi connectivity index (χ3v) is 4.95. The van der Waals surface area contributed by atoms with Crippen molar-refractivity contribution < 1.29 is 9.53 Å². The van der Waals surface area contributed by atoms with Gasteiger partial charge in [0.2, 0.25) is 5.91 Å². The SMILES string of the molecule is CN(C)C(=O)CN=C(NCC1CCCO1)N(C)CCc1cccs1.I. The topological polar surface area (TPSA) is 57.2 Å². The lowest BCUT2D eigenvalue weighted by Gasteiger charge is -2.23. The van der Waals surface area contributed by atoms with Crippen LogP contribution in [0.2, 0.25) is 0 Å². The van der Waals surface area contributed by atoms with E-state index >= 15 is 0 Å². The maximum absolute atomic E-state index is 11.8. The first-order valence-electron chi connectivity index (χ1n) is 8.40. The van der Waals surface area contributed by atoms with E-state index in [1.807, 2.05) is 7.05 Å². The zero-order valence-corrected chi connectivity index (χ0v) is 18.4. The van der Waals surface area contributed by atoms with Crippen LogP contribution in [0.25, 0.3) is 0 Å². The van der Waals surface area contributed by atoms with Crippen LogP contribution in [0.5, 0.6) is 0 Å². The van der Waals surface area contributed by atoms with Gasteiger partial charge in [0, 0.05) is 45.7 Å². The second-order valence-corrected chi connectivity index (χ2v) is 7.23. The summed E-state index contributed by atoms with van der Waals surface area (Å²) in [5.74, 6) is 0.760. The first kappa shape index (κ1) is 22.2. The fourth-order valence-electron chi connectivity index (χ4n) is 2.44. The van der Waals surface area contributed by atoms with Gasteiger partial charge in [0.15, 0.2) is 5.96 Å². The van der Waals surface area contributed by atoms with E-state index in [4.69, 9.17) is 4.74 Å². The molecule has 1 amide bonds. The Balaban J connectivity index is 0.00000312. The average molecular weight is 480 g/mol. The number of hydrogen-bond acceptors (Lipinski definition) is 4. The molecular formula is C17H29IN4O2S. The van der Waals surface area contributed by atoms with Gasteiger partial charge in [0.05, 0.1) is 6.10 Å². The second-order valence-electron chi connectivity index (χ2n) is 6.19. The van der Waals surface area contributed by atoms with Crippen molar-refractivity contribution in [1.29, 1.82) is 0 Å². The van der Waals surface area contributed by atoms with Crippen molar-refractivity contribution in [2.75, 3.05) is 47.4 Å². The molecule has 0 saturated carbocycles. The Morgan fingerprint density at radius 2 is 2.24 bits per heavy atom. The van der Waals surface area contributed by atoms with E-state index < -0.39 is 0 Å². The van der Waals surface area contributed by atoms with E-state index in [2.05, 4.69) is 32.7 Å². The van der Waals surface area contributed by atoms with Crippen molar-refractivity contribution in [2.45, 2.75) is 25.4 Å². The van der Waals surface area contributed by atoms with E-state index in [-0.39, 0.29) is 42.5 Å². The molecule has 1 fully saturated rings. The molecule has 0 aromatic carbocycles. The number of carbonyl (C=O) groups excluding carboxylic acids is 1. The number of hydrogen-bond donors (Lipinski definition) is 1. The number of nitrogens with one attached hydrogen (secondary N) is 1. The number of rotatable bonds is 7. The van der Waals surface area contributed by atoms with Gasteiger partial charge in [-0.05, 0) is 30.7 Å². The van der Waals surface area contributed by atoms with E-state index in [1.165, 1.54) is 4.88 Å². The molecule has 142 valence electrons. The van der Waals surface area contributed by atoms with Crippen LogP contribution in [0.4, 0.5) is 0 Å². The van der Waals surface area contributed by atoms with Crippen molar-refractivity contribution in [2.24, 2.45) is 4.99 Å². The van der Waals surface area contributed by atoms with Crippen LogP contribution in [0.1, 0.15) is 17.7 Å². The number of amides is 1. The Labute approximate surface area is 171 Å². The summed E-state index contributed by atoms with van der Waals surface area (Å²) in [6.45, 7) is 2.59. The van der Waals surface area contributed by atoms with Crippen LogP contribution in [-0.2, 0) is 16.0 Å². The standard InChI is InChI=1S/C17H28N4O2S.HI/c1-20(2)16(22)13-19-17(18-12-14-6-4-10-23-14)21(3)9-8-15-7-5-11-24-15;/h5,7,11,14H,4,6,8-10,12-13H2,1-3H3,(H,18,19);1H. The predicted molar refractivity (Wildman–Crippen MR) is 114 cm³/mol. The van der Waals surface area contributed by atoms with Gasteiger partial charge in [-0.2, -0.15) is 0 Å². The number of thiophene rings is 1. The van der Waals surface area contributed by atoms with Gasteiger partial charge in [0.25, 0.3) is 0 Å². The van der Waals surface area contributed by atoms with Crippen LogP contribution in [-0.4, -0.2) is 75.2 Å². The molecule has 1 N–H and O–H groups in total. The zero-order chi connectivity index (χ0) is 17.4. The minimum atomic E-state index is -0.00178. The molecule has 0 aliphatic carbocycles. The van der Waals surface area contributed by atoms with Crippen molar-refractivity contribution in [3.63, 3.8) is 0 Å². The van der Waals surface area contributed by atoms with Crippen LogP contribution in [0.3, 0.4) is 0 Å². The number of carbonyl (C=O) groups is 1. The molecule has 1 atom stereocenters. The monoisotopic (exact) mass is 480 g/mol. The number of aliphatic imine (C=N–C) groups is 1. The number of halogens is 1. The summed E-state index contributed by atoms with van der Waals surface area (Å²) < 4.78 is 5.66. The molecule has 1 aliphatic heterocycles. The fourth-order valence-corrected chi connectivity index (χ4v) is 3.14. The third kappa shape index (κ3) is 7.91. The molecule has 2 heterocycles. The quantitative estimate of drug-likeness (QED) is 0.369. The predicted octanol–water partition coefficient (Wildman–Crippen LogP) is 2.05. The highest BCUT2D eigenvalue weighted by Gasteiger charge is 2.17. The Morgan fingerprint density at radius 3 is 2.84 bits per heavy atom. The zero-order valence-electron chi connectivity index (χ0n) is 15.2. The lowest BCUT2D eigenvalue weighted by atomic mass is 10.2. The van der Waals surface area contributed by atoms with Gasteiger partial charge in [-0.3, -0.25) is 4.79 Å². The molecule has 25 heavy (non-hydrogen) atoms. The molecule has 1 saturated heterocycles. The summed E-state index contributed by atoms with van der Waals surface area (Å²) in [4.78, 5) is 21.3. The molecular weight excluding hydrogens is 451 g/mol. The Bertz CT molecular complexity index is 531. The highest BCUT2D eigenvalue weighted by molar-refractivity contribution is 14.0. The number of ether oxygens (including phenoxy) is 1. The van der Waals surface area contributed by atoms with E-state index in [1.54, 1.807) is 30.3 Å². The molecule has 0 bridgehead atoms. The normalized spacial score (nSPS) is 17.1. The minimum Gasteiger partial charge on any atom is -0.376 e. The molecule has 0 radical (unpaired) electrons. The summed E-state index contributed by atoms with van der Waals surface area (Å²) in [5, 5.41) is 5.46. The van der Waals surface area contributed by atoms with Crippen molar-refractivity contribution in [3.8, 4) is 0 Å². The summed E-state index contributed by atoms with van der Waals surface area (Å²) >= 11 is 1.76. The van der Waals surface area contributed by atoms with Crippen LogP contribution >= 0.6 is 35.3 Å².